The number of benzene rings is 2. The van der Waals surface area contributed by atoms with Crippen molar-refractivity contribution in [2.24, 2.45) is 7.05 Å². The molecule has 0 bridgehead atoms. The largest absolute Gasteiger partial charge is 0.229 e. The molecule has 0 aliphatic heterocycles. The first-order chi connectivity index (χ1) is 8.27. The molecular weight excluding hydrogens is 212 g/mol. The fourth-order valence-electron chi connectivity index (χ4n) is 2.10. The minimum absolute atomic E-state index is 0.793. The van der Waals surface area contributed by atoms with Gasteiger partial charge < -0.3 is 0 Å². The van der Waals surface area contributed by atoms with Gasteiger partial charge in [0.25, 0.3) is 0 Å². The lowest BCUT2D eigenvalue weighted by Crippen LogP contribution is -1.95. The molecule has 0 aliphatic carbocycles. The number of tetrazole rings is 1. The van der Waals surface area contributed by atoms with Crippen molar-refractivity contribution in [1.29, 1.82) is 0 Å². The van der Waals surface area contributed by atoms with Crippen LogP contribution in [0.2, 0.25) is 0 Å². The fraction of sp³-hybridized carbons (Fsp3) is 0.154. The quantitative estimate of drug-likeness (QED) is 0.637. The standard InChI is InChI=1S/C13H12N4/c1-9-7-8-12(13-14-15-16-17(13)2)11-6-4-3-5-10(9)11/h3-8H,1-2H3. The zero-order valence-corrected chi connectivity index (χ0v) is 9.75. The van der Waals surface area contributed by atoms with Crippen molar-refractivity contribution in [3.05, 3.63) is 42.0 Å². The Morgan fingerprint density at radius 2 is 1.76 bits per heavy atom. The Balaban J connectivity index is 2.39. The second-order valence-corrected chi connectivity index (χ2v) is 4.10. The Bertz CT molecular complexity index is 685. The molecule has 0 unspecified atom stereocenters. The molecule has 4 heteroatoms. The molecular formula is C13H12N4. The van der Waals surface area contributed by atoms with Crippen molar-refractivity contribution in [2.45, 2.75) is 6.92 Å². The van der Waals surface area contributed by atoms with E-state index in [4.69, 9.17) is 0 Å². The number of fused-ring (bicyclic) bond motifs is 1. The van der Waals surface area contributed by atoms with E-state index in [0.717, 1.165) is 11.4 Å². The van der Waals surface area contributed by atoms with Crippen LogP contribution in [0.15, 0.2) is 36.4 Å². The van der Waals surface area contributed by atoms with E-state index in [0.29, 0.717) is 0 Å². The van der Waals surface area contributed by atoms with Crippen LogP contribution < -0.4 is 0 Å². The third kappa shape index (κ3) is 1.49. The van der Waals surface area contributed by atoms with Crippen LogP contribution in [0.3, 0.4) is 0 Å². The van der Waals surface area contributed by atoms with Crippen molar-refractivity contribution >= 4 is 10.8 Å². The van der Waals surface area contributed by atoms with Crippen molar-refractivity contribution in [2.75, 3.05) is 0 Å². The lowest BCUT2D eigenvalue weighted by Gasteiger charge is -2.07. The first kappa shape index (κ1) is 9.96. The molecule has 3 aromatic rings. The summed E-state index contributed by atoms with van der Waals surface area (Å²) in [6.07, 6.45) is 0. The van der Waals surface area contributed by atoms with Gasteiger partial charge in [-0.3, -0.25) is 0 Å². The second kappa shape index (κ2) is 3.66. The lowest BCUT2D eigenvalue weighted by molar-refractivity contribution is 0.715. The number of aryl methyl sites for hydroxylation is 2. The molecule has 4 nitrogen and oxygen atoms in total. The average molecular weight is 224 g/mol. The number of aromatic nitrogens is 4. The monoisotopic (exact) mass is 224 g/mol. The van der Waals surface area contributed by atoms with E-state index in [1.165, 1.54) is 16.3 Å². The molecule has 0 saturated carbocycles. The van der Waals surface area contributed by atoms with E-state index in [1.54, 1.807) is 4.68 Å². The molecule has 0 radical (unpaired) electrons. The minimum atomic E-state index is 0.793. The summed E-state index contributed by atoms with van der Waals surface area (Å²) in [4.78, 5) is 0. The summed E-state index contributed by atoms with van der Waals surface area (Å²) in [6.45, 7) is 2.11. The Morgan fingerprint density at radius 1 is 1.00 bits per heavy atom. The Kier molecular flexibility index (Phi) is 2.14. The first-order valence-corrected chi connectivity index (χ1v) is 5.48. The van der Waals surface area contributed by atoms with E-state index in [-0.39, 0.29) is 0 Å². The molecule has 1 aromatic heterocycles. The van der Waals surface area contributed by atoms with Crippen molar-refractivity contribution in [3.8, 4) is 11.4 Å². The molecule has 0 fully saturated rings. The van der Waals surface area contributed by atoms with E-state index in [1.807, 2.05) is 19.2 Å². The zero-order valence-electron chi connectivity index (χ0n) is 9.75. The average Bonchev–Trinajstić information content (AvgIpc) is 2.77. The molecule has 2 aromatic carbocycles. The van der Waals surface area contributed by atoms with E-state index in [9.17, 15) is 0 Å². The smallest absolute Gasteiger partial charge is 0.182 e. The van der Waals surface area contributed by atoms with Crippen LogP contribution in [0.5, 0.6) is 0 Å². The van der Waals surface area contributed by atoms with Gasteiger partial charge in [0.1, 0.15) is 0 Å². The summed E-state index contributed by atoms with van der Waals surface area (Å²) in [5.41, 5.74) is 2.33. The highest BCUT2D eigenvalue weighted by Crippen LogP contribution is 2.28. The van der Waals surface area contributed by atoms with Crippen molar-refractivity contribution in [3.63, 3.8) is 0 Å². The molecule has 0 saturated heterocycles. The van der Waals surface area contributed by atoms with Crippen LogP contribution in [-0.2, 0) is 7.05 Å². The molecule has 0 spiro atoms. The fourth-order valence-corrected chi connectivity index (χ4v) is 2.10. The Labute approximate surface area is 98.9 Å². The maximum absolute atomic E-state index is 4.07. The number of hydrogen-bond donors (Lipinski definition) is 0. The van der Waals surface area contributed by atoms with Gasteiger partial charge in [0.2, 0.25) is 0 Å². The van der Waals surface area contributed by atoms with Gasteiger partial charge in [0, 0.05) is 12.6 Å². The van der Waals surface area contributed by atoms with Crippen LogP contribution in [0, 0.1) is 6.92 Å². The van der Waals surface area contributed by atoms with E-state index in [2.05, 4.69) is 46.7 Å². The highest BCUT2D eigenvalue weighted by Gasteiger charge is 2.10. The number of rotatable bonds is 1. The van der Waals surface area contributed by atoms with Gasteiger partial charge in [-0.25, -0.2) is 4.68 Å². The Morgan fingerprint density at radius 3 is 2.47 bits per heavy atom. The molecule has 0 amide bonds. The maximum atomic E-state index is 4.07. The third-order valence-electron chi connectivity index (χ3n) is 3.00. The first-order valence-electron chi connectivity index (χ1n) is 5.48. The summed E-state index contributed by atoms with van der Waals surface area (Å²) in [7, 11) is 1.85. The molecule has 17 heavy (non-hydrogen) atoms. The molecule has 84 valence electrons. The van der Waals surface area contributed by atoms with E-state index >= 15 is 0 Å². The molecule has 0 N–H and O–H groups in total. The summed E-state index contributed by atoms with van der Waals surface area (Å²) in [5, 5.41) is 14.1. The summed E-state index contributed by atoms with van der Waals surface area (Å²) in [6, 6.07) is 12.5. The second-order valence-electron chi connectivity index (χ2n) is 4.10. The third-order valence-corrected chi connectivity index (χ3v) is 3.00. The Hall–Kier alpha value is -2.23. The van der Waals surface area contributed by atoms with Crippen LogP contribution in [-0.4, -0.2) is 20.2 Å². The van der Waals surface area contributed by atoms with Gasteiger partial charge in [0.05, 0.1) is 0 Å². The van der Waals surface area contributed by atoms with E-state index < -0.39 is 0 Å². The highest BCUT2D eigenvalue weighted by molar-refractivity contribution is 5.96. The van der Waals surface area contributed by atoms with Crippen molar-refractivity contribution < 1.29 is 0 Å². The highest BCUT2D eigenvalue weighted by atomic mass is 15.5. The number of hydrogen-bond acceptors (Lipinski definition) is 3. The van der Waals surface area contributed by atoms with Gasteiger partial charge in [-0.15, -0.1) is 5.10 Å². The molecule has 0 aliphatic rings. The maximum Gasteiger partial charge on any atom is 0.182 e. The van der Waals surface area contributed by atoms with Gasteiger partial charge >= 0.3 is 0 Å². The molecule has 0 atom stereocenters. The normalized spacial score (nSPS) is 10.9. The van der Waals surface area contributed by atoms with Gasteiger partial charge in [-0.2, -0.15) is 0 Å². The summed E-state index contributed by atoms with van der Waals surface area (Å²) < 4.78 is 1.69. The summed E-state index contributed by atoms with van der Waals surface area (Å²) >= 11 is 0. The van der Waals surface area contributed by atoms with Crippen LogP contribution in [0.25, 0.3) is 22.2 Å². The van der Waals surface area contributed by atoms with Gasteiger partial charge in [0.15, 0.2) is 5.82 Å². The van der Waals surface area contributed by atoms with Crippen LogP contribution >= 0.6 is 0 Å². The predicted molar refractivity (Wildman–Crippen MR) is 66.5 cm³/mol. The van der Waals surface area contributed by atoms with Gasteiger partial charge in [-0.05, 0) is 33.7 Å². The zero-order chi connectivity index (χ0) is 11.8. The van der Waals surface area contributed by atoms with Gasteiger partial charge in [-0.1, -0.05) is 36.4 Å². The summed E-state index contributed by atoms with van der Waals surface area (Å²) in [5.74, 6) is 0.793. The lowest BCUT2D eigenvalue weighted by atomic mass is 10.00. The minimum Gasteiger partial charge on any atom is -0.229 e. The van der Waals surface area contributed by atoms with Crippen molar-refractivity contribution in [1.82, 2.24) is 20.2 Å². The van der Waals surface area contributed by atoms with Crippen LogP contribution in [0.4, 0.5) is 0 Å². The predicted octanol–water partition coefficient (Wildman–Crippen LogP) is 2.34. The number of nitrogens with zero attached hydrogens (tertiary/aromatic N) is 4. The topological polar surface area (TPSA) is 43.6 Å². The molecule has 1 heterocycles. The molecule has 3 rings (SSSR count). The SMILES string of the molecule is Cc1ccc(-c2nnnn2C)c2ccccc12. The van der Waals surface area contributed by atoms with Crippen LogP contribution in [0.1, 0.15) is 5.56 Å².